The molecular weight excluding hydrogens is 437 g/mol. The van der Waals surface area contributed by atoms with Gasteiger partial charge in [-0.2, -0.15) is 0 Å². The Morgan fingerprint density at radius 3 is 2.61 bits per heavy atom. The van der Waals surface area contributed by atoms with Gasteiger partial charge in [-0.1, -0.05) is 60.6 Å². The fraction of sp³-hybridized carbons (Fsp3) is 0.462. The average Bonchev–Trinajstić information content (AvgIpc) is 3.58. The van der Waals surface area contributed by atoms with Crippen molar-refractivity contribution in [3.05, 3.63) is 71.8 Å². The van der Waals surface area contributed by atoms with Gasteiger partial charge in [0.1, 0.15) is 6.61 Å². The van der Waals surface area contributed by atoms with Gasteiger partial charge in [-0.3, -0.25) is 4.57 Å². The second-order valence-electron chi connectivity index (χ2n) is 9.30. The van der Waals surface area contributed by atoms with Crippen LogP contribution in [0, 0.1) is 23.6 Å². The third-order valence-corrected chi connectivity index (χ3v) is 8.32. The largest absolute Gasteiger partial charge is 0.483 e. The van der Waals surface area contributed by atoms with E-state index in [-0.39, 0.29) is 24.2 Å². The van der Waals surface area contributed by atoms with Crippen LogP contribution < -0.4 is 4.74 Å². The van der Waals surface area contributed by atoms with Gasteiger partial charge in [-0.05, 0) is 61.6 Å². The lowest BCUT2D eigenvalue weighted by Crippen LogP contribution is -2.24. The van der Waals surface area contributed by atoms with E-state index in [4.69, 9.17) is 4.74 Å². The molecule has 5 nitrogen and oxygen atoms in total. The molecule has 0 radical (unpaired) electrons. The van der Waals surface area contributed by atoms with E-state index in [2.05, 4.69) is 21.7 Å². The standard InChI is InChI=1S/C26H30FN3O2S/c1-17(21-14-18-11-12-20(21)13-18)30-25(15-32-24-10-6-5-9-22(24)27)28-29-26(30)33-16-23(31)19-7-3-2-4-8-19/h2-10,17-18,20-21,23,31H,11-16H2,1H3/t17-,18+,20+,21-,23+/m1/s1. The minimum absolute atomic E-state index is 0.154. The Hall–Kier alpha value is -2.38. The van der Waals surface area contributed by atoms with Gasteiger partial charge < -0.3 is 9.84 Å². The van der Waals surface area contributed by atoms with Crippen molar-refractivity contribution in [1.82, 2.24) is 14.8 Å². The normalized spacial score (nSPS) is 23.5. The van der Waals surface area contributed by atoms with Gasteiger partial charge in [0.15, 0.2) is 22.5 Å². The molecule has 0 saturated heterocycles. The first-order valence-electron chi connectivity index (χ1n) is 11.8. The Bertz CT molecular complexity index is 1080. The maximum absolute atomic E-state index is 14.1. The molecule has 1 aromatic heterocycles. The van der Waals surface area contributed by atoms with E-state index in [0.717, 1.165) is 22.6 Å². The predicted molar refractivity (Wildman–Crippen MR) is 127 cm³/mol. The molecule has 7 heteroatoms. The number of aliphatic hydroxyl groups is 1. The second-order valence-corrected chi connectivity index (χ2v) is 10.3. The van der Waals surface area contributed by atoms with E-state index in [9.17, 15) is 9.50 Å². The molecule has 5 atom stereocenters. The van der Waals surface area contributed by atoms with Crippen LogP contribution in [0.4, 0.5) is 4.39 Å². The number of hydrogen-bond donors (Lipinski definition) is 1. The van der Waals surface area contributed by atoms with Crippen molar-refractivity contribution in [1.29, 1.82) is 0 Å². The van der Waals surface area contributed by atoms with Crippen molar-refractivity contribution in [3.63, 3.8) is 0 Å². The highest BCUT2D eigenvalue weighted by Gasteiger charge is 2.43. The van der Waals surface area contributed by atoms with E-state index in [1.165, 1.54) is 43.5 Å². The third-order valence-electron chi connectivity index (χ3n) is 7.30. The maximum Gasteiger partial charge on any atom is 0.191 e. The van der Waals surface area contributed by atoms with Crippen LogP contribution >= 0.6 is 11.8 Å². The molecule has 1 N–H and O–H groups in total. The Morgan fingerprint density at radius 1 is 1.09 bits per heavy atom. The topological polar surface area (TPSA) is 60.2 Å². The zero-order chi connectivity index (χ0) is 22.8. The number of hydrogen-bond acceptors (Lipinski definition) is 5. The van der Waals surface area contributed by atoms with Crippen LogP contribution in [0.3, 0.4) is 0 Å². The van der Waals surface area contributed by atoms with Crippen molar-refractivity contribution in [3.8, 4) is 5.75 Å². The fourth-order valence-electron chi connectivity index (χ4n) is 5.62. The van der Waals surface area contributed by atoms with Crippen molar-refractivity contribution in [2.45, 2.75) is 56.5 Å². The summed E-state index contributed by atoms with van der Waals surface area (Å²) in [5.41, 5.74) is 0.889. The molecule has 2 aliphatic carbocycles. The summed E-state index contributed by atoms with van der Waals surface area (Å²) in [4.78, 5) is 0. The van der Waals surface area contributed by atoms with Crippen LogP contribution in [0.15, 0.2) is 59.8 Å². The van der Waals surface area contributed by atoms with Gasteiger partial charge in [0.25, 0.3) is 0 Å². The van der Waals surface area contributed by atoms with Crippen LogP contribution in [-0.2, 0) is 6.61 Å². The van der Waals surface area contributed by atoms with Gasteiger partial charge in [-0.25, -0.2) is 4.39 Å². The molecule has 1 heterocycles. The van der Waals surface area contributed by atoms with E-state index < -0.39 is 6.10 Å². The van der Waals surface area contributed by atoms with E-state index >= 15 is 0 Å². The Kier molecular flexibility index (Phi) is 6.69. The smallest absolute Gasteiger partial charge is 0.191 e. The summed E-state index contributed by atoms with van der Waals surface area (Å²) in [5.74, 6) is 3.20. The van der Waals surface area contributed by atoms with E-state index in [0.29, 0.717) is 17.5 Å². The fourth-order valence-corrected chi connectivity index (χ4v) is 6.63. The number of thioether (sulfide) groups is 1. The molecule has 3 aromatic rings. The summed E-state index contributed by atoms with van der Waals surface area (Å²) < 4.78 is 22.0. The molecule has 2 bridgehead atoms. The quantitative estimate of drug-likeness (QED) is 0.402. The van der Waals surface area contributed by atoms with Gasteiger partial charge in [0.2, 0.25) is 0 Å². The molecule has 2 fully saturated rings. The van der Waals surface area contributed by atoms with E-state index in [1.54, 1.807) is 18.2 Å². The number of aromatic nitrogens is 3. The van der Waals surface area contributed by atoms with Crippen LogP contribution in [0.5, 0.6) is 5.75 Å². The molecule has 174 valence electrons. The molecule has 0 aliphatic heterocycles. The van der Waals surface area contributed by atoms with Gasteiger partial charge >= 0.3 is 0 Å². The molecule has 5 rings (SSSR count). The van der Waals surface area contributed by atoms with Crippen LogP contribution in [0.25, 0.3) is 0 Å². The highest BCUT2D eigenvalue weighted by Crippen LogP contribution is 2.52. The van der Waals surface area contributed by atoms with Crippen molar-refractivity contribution in [2.24, 2.45) is 17.8 Å². The Morgan fingerprint density at radius 2 is 1.88 bits per heavy atom. The molecule has 0 spiro atoms. The molecule has 0 unspecified atom stereocenters. The van der Waals surface area contributed by atoms with Gasteiger partial charge in [0.05, 0.1) is 6.10 Å². The lowest BCUT2D eigenvalue weighted by molar-refractivity contribution is 0.203. The monoisotopic (exact) mass is 467 g/mol. The number of fused-ring (bicyclic) bond motifs is 2. The van der Waals surface area contributed by atoms with Crippen molar-refractivity contribution in [2.75, 3.05) is 5.75 Å². The minimum atomic E-state index is -0.586. The molecule has 2 aliphatic rings. The molecule has 33 heavy (non-hydrogen) atoms. The number of benzene rings is 2. The van der Waals surface area contributed by atoms with Crippen molar-refractivity contribution >= 4 is 11.8 Å². The maximum atomic E-state index is 14.1. The van der Waals surface area contributed by atoms with Gasteiger partial charge in [-0.15, -0.1) is 10.2 Å². The number of rotatable bonds is 9. The third kappa shape index (κ3) is 4.80. The number of ether oxygens (including phenoxy) is 1. The number of para-hydroxylation sites is 1. The minimum Gasteiger partial charge on any atom is -0.483 e. The Labute approximate surface area is 198 Å². The summed E-state index contributed by atoms with van der Waals surface area (Å²) in [6.45, 7) is 2.40. The highest BCUT2D eigenvalue weighted by atomic mass is 32.2. The second kappa shape index (κ2) is 9.85. The summed E-state index contributed by atoms with van der Waals surface area (Å²) >= 11 is 1.51. The molecule has 0 amide bonds. The average molecular weight is 468 g/mol. The summed E-state index contributed by atoms with van der Waals surface area (Å²) in [6, 6.07) is 16.3. The van der Waals surface area contributed by atoms with Crippen LogP contribution in [0.1, 0.15) is 56.1 Å². The summed E-state index contributed by atoms with van der Waals surface area (Å²) in [7, 11) is 0. The first-order chi connectivity index (χ1) is 16.1. The molecule has 2 saturated carbocycles. The SMILES string of the molecule is C[C@H]([C@H]1C[C@H]2CC[C@H]1C2)n1c(COc2ccccc2F)nnc1SC[C@H](O)c1ccccc1. The van der Waals surface area contributed by atoms with E-state index in [1.807, 2.05) is 30.3 Å². The summed E-state index contributed by atoms with van der Waals surface area (Å²) in [5, 5.41) is 20.3. The zero-order valence-electron chi connectivity index (χ0n) is 18.8. The number of nitrogens with zero attached hydrogens (tertiary/aromatic N) is 3. The predicted octanol–water partition coefficient (Wildman–Crippen LogP) is 5.82. The first kappa shape index (κ1) is 22.4. The number of aliphatic hydroxyl groups excluding tert-OH is 1. The lowest BCUT2D eigenvalue weighted by Gasteiger charge is -2.30. The number of halogens is 1. The Balaban J connectivity index is 1.36. The summed E-state index contributed by atoms with van der Waals surface area (Å²) in [6.07, 6.45) is 4.64. The zero-order valence-corrected chi connectivity index (χ0v) is 19.6. The molecular formula is C26H30FN3O2S. The van der Waals surface area contributed by atoms with Crippen LogP contribution in [-0.4, -0.2) is 25.6 Å². The van der Waals surface area contributed by atoms with Crippen molar-refractivity contribution < 1.29 is 14.2 Å². The van der Waals surface area contributed by atoms with Crippen LogP contribution in [0.2, 0.25) is 0 Å². The lowest BCUT2D eigenvalue weighted by atomic mass is 9.84. The molecule has 2 aromatic carbocycles. The first-order valence-corrected chi connectivity index (χ1v) is 12.8. The van der Waals surface area contributed by atoms with Gasteiger partial charge in [0, 0.05) is 11.8 Å². The highest BCUT2D eigenvalue weighted by molar-refractivity contribution is 7.99.